The zero-order chi connectivity index (χ0) is 14.2. The lowest BCUT2D eigenvalue weighted by Crippen LogP contribution is -2.42. The summed E-state index contributed by atoms with van der Waals surface area (Å²) in [6.07, 6.45) is 0.925. The van der Waals surface area contributed by atoms with Gasteiger partial charge in [0.05, 0.1) is 4.90 Å². The highest BCUT2D eigenvalue weighted by Gasteiger charge is 2.31. The molecule has 1 aliphatic rings. The minimum absolute atomic E-state index is 0.348. The van der Waals surface area contributed by atoms with Crippen molar-refractivity contribution in [3.8, 4) is 0 Å². The van der Waals surface area contributed by atoms with Crippen LogP contribution in [0.4, 0.5) is 5.69 Å². The molecule has 0 saturated carbocycles. The normalized spacial score (nSPS) is 25.4. The number of hydrogen-bond donors (Lipinski definition) is 1. The van der Waals surface area contributed by atoms with Crippen LogP contribution in [0.2, 0.25) is 0 Å². The lowest BCUT2D eigenvalue weighted by Gasteiger charge is -2.34. The van der Waals surface area contributed by atoms with Crippen LogP contribution in [0.1, 0.15) is 25.8 Å². The van der Waals surface area contributed by atoms with Gasteiger partial charge in [0.1, 0.15) is 0 Å². The number of nitrogens with two attached hydrogens (primary N) is 1. The van der Waals surface area contributed by atoms with E-state index in [4.69, 9.17) is 5.73 Å². The summed E-state index contributed by atoms with van der Waals surface area (Å²) in [4.78, 5) is 0.348. The van der Waals surface area contributed by atoms with Gasteiger partial charge in [0.25, 0.3) is 0 Å². The highest BCUT2D eigenvalue weighted by atomic mass is 32.2. The van der Waals surface area contributed by atoms with Crippen molar-refractivity contribution in [1.82, 2.24) is 4.31 Å². The molecule has 19 heavy (non-hydrogen) atoms. The van der Waals surface area contributed by atoms with Gasteiger partial charge in [-0.25, -0.2) is 8.42 Å². The summed E-state index contributed by atoms with van der Waals surface area (Å²) < 4.78 is 26.8. The first-order chi connectivity index (χ1) is 8.82. The number of piperidine rings is 1. The third-order valence-electron chi connectivity index (χ3n) is 4.18. The lowest BCUT2D eigenvalue weighted by atomic mass is 9.90. The topological polar surface area (TPSA) is 63.4 Å². The molecule has 4 nitrogen and oxygen atoms in total. The number of sulfonamides is 1. The van der Waals surface area contributed by atoms with Gasteiger partial charge in [0, 0.05) is 18.8 Å². The molecule has 0 aliphatic carbocycles. The molecule has 1 aromatic carbocycles. The van der Waals surface area contributed by atoms with Crippen molar-refractivity contribution in [1.29, 1.82) is 0 Å². The summed E-state index contributed by atoms with van der Waals surface area (Å²) in [6, 6.07) is 4.92. The van der Waals surface area contributed by atoms with Crippen molar-refractivity contribution in [2.75, 3.05) is 18.8 Å². The van der Waals surface area contributed by atoms with E-state index in [0.717, 1.165) is 12.0 Å². The molecule has 2 unspecified atom stereocenters. The molecule has 1 heterocycles. The van der Waals surface area contributed by atoms with E-state index < -0.39 is 10.0 Å². The van der Waals surface area contributed by atoms with E-state index in [9.17, 15) is 8.42 Å². The van der Waals surface area contributed by atoms with Crippen LogP contribution in [-0.2, 0) is 10.0 Å². The first-order valence-electron chi connectivity index (χ1n) is 6.68. The van der Waals surface area contributed by atoms with E-state index >= 15 is 0 Å². The molecule has 1 fully saturated rings. The van der Waals surface area contributed by atoms with Gasteiger partial charge in [-0.1, -0.05) is 13.8 Å². The van der Waals surface area contributed by atoms with Gasteiger partial charge in [-0.05, 0) is 48.9 Å². The number of aryl methyl sites for hydroxylation is 1. The molecule has 2 rings (SSSR count). The summed E-state index contributed by atoms with van der Waals surface area (Å²) in [5.74, 6) is 0.984. The van der Waals surface area contributed by atoms with Gasteiger partial charge >= 0.3 is 0 Å². The van der Waals surface area contributed by atoms with Gasteiger partial charge in [-0.2, -0.15) is 4.31 Å². The first kappa shape index (κ1) is 14.3. The Hall–Kier alpha value is -1.07. The Kier molecular flexibility index (Phi) is 3.87. The number of anilines is 1. The summed E-state index contributed by atoms with van der Waals surface area (Å²) in [6.45, 7) is 7.34. The van der Waals surface area contributed by atoms with Crippen molar-refractivity contribution in [2.45, 2.75) is 32.1 Å². The maximum Gasteiger partial charge on any atom is 0.243 e. The van der Waals surface area contributed by atoms with Crippen LogP contribution in [0, 0.1) is 18.8 Å². The van der Waals surface area contributed by atoms with Crippen LogP contribution < -0.4 is 5.73 Å². The second-order valence-electron chi connectivity index (χ2n) is 5.62. The summed E-state index contributed by atoms with van der Waals surface area (Å²) in [7, 11) is -3.38. The van der Waals surface area contributed by atoms with E-state index in [1.807, 2.05) is 6.92 Å². The van der Waals surface area contributed by atoms with Crippen LogP contribution in [0.3, 0.4) is 0 Å². The molecule has 1 saturated heterocycles. The van der Waals surface area contributed by atoms with E-state index in [0.29, 0.717) is 35.5 Å². The van der Waals surface area contributed by atoms with Gasteiger partial charge in [0.2, 0.25) is 10.0 Å². The predicted octanol–water partition coefficient (Wildman–Crippen LogP) is 2.24. The monoisotopic (exact) mass is 282 g/mol. The van der Waals surface area contributed by atoms with E-state index in [-0.39, 0.29) is 0 Å². The Morgan fingerprint density at radius 3 is 2.53 bits per heavy atom. The number of nitrogens with zero attached hydrogens (tertiary/aromatic N) is 1. The fourth-order valence-electron chi connectivity index (χ4n) is 2.40. The Balaban J connectivity index is 2.29. The second kappa shape index (κ2) is 5.13. The number of benzene rings is 1. The molecule has 0 bridgehead atoms. The molecule has 106 valence electrons. The van der Waals surface area contributed by atoms with Crippen LogP contribution in [-0.4, -0.2) is 25.8 Å². The molecule has 1 aromatic rings. The molecule has 0 amide bonds. The molecule has 0 aromatic heterocycles. The highest BCUT2D eigenvalue weighted by molar-refractivity contribution is 7.89. The Labute approximate surface area is 115 Å². The van der Waals surface area contributed by atoms with Crippen LogP contribution in [0.5, 0.6) is 0 Å². The number of rotatable bonds is 2. The fraction of sp³-hybridized carbons (Fsp3) is 0.571. The molecule has 0 spiro atoms. The minimum atomic E-state index is -3.38. The van der Waals surface area contributed by atoms with Crippen LogP contribution in [0.15, 0.2) is 23.1 Å². The summed E-state index contributed by atoms with van der Waals surface area (Å²) >= 11 is 0. The number of nitrogen functional groups attached to an aromatic ring is 1. The number of hydrogen-bond acceptors (Lipinski definition) is 3. The van der Waals surface area contributed by atoms with Crippen molar-refractivity contribution in [3.63, 3.8) is 0 Å². The maximum atomic E-state index is 12.6. The smallest absolute Gasteiger partial charge is 0.243 e. The third kappa shape index (κ3) is 2.77. The molecular formula is C14H22N2O2S. The molecule has 2 N–H and O–H groups in total. The Bertz CT molecular complexity index is 569. The Morgan fingerprint density at radius 1 is 1.26 bits per heavy atom. The standard InChI is InChI=1S/C14H22N2O2S/c1-10-6-7-16(9-12(10)3)19(17,18)13-4-5-14(15)11(2)8-13/h4-5,8,10,12H,6-7,9,15H2,1-3H3. The molecule has 1 aliphatic heterocycles. The SMILES string of the molecule is Cc1cc(S(=O)(=O)N2CCC(C)C(C)C2)ccc1N. The van der Waals surface area contributed by atoms with Gasteiger partial charge in [-0.15, -0.1) is 0 Å². The van der Waals surface area contributed by atoms with Crippen LogP contribution in [0.25, 0.3) is 0 Å². The molecular weight excluding hydrogens is 260 g/mol. The van der Waals surface area contributed by atoms with E-state index in [1.54, 1.807) is 22.5 Å². The lowest BCUT2D eigenvalue weighted by molar-refractivity contribution is 0.212. The maximum absolute atomic E-state index is 12.6. The largest absolute Gasteiger partial charge is 0.399 e. The second-order valence-corrected chi connectivity index (χ2v) is 7.56. The quantitative estimate of drug-likeness (QED) is 0.846. The van der Waals surface area contributed by atoms with Crippen molar-refractivity contribution in [2.24, 2.45) is 11.8 Å². The Morgan fingerprint density at radius 2 is 1.95 bits per heavy atom. The zero-order valence-electron chi connectivity index (χ0n) is 11.8. The average molecular weight is 282 g/mol. The first-order valence-corrected chi connectivity index (χ1v) is 8.12. The van der Waals surface area contributed by atoms with E-state index in [1.165, 1.54) is 0 Å². The fourth-order valence-corrected chi connectivity index (χ4v) is 4.04. The third-order valence-corrected chi connectivity index (χ3v) is 6.04. The minimum Gasteiger partial charge on any atom is -0.399 e. The average Bonchev–Trinajstić information content (AvgIpc) is 2.35. The van der Waals surface area contributed by atoms with Gasteiger partial charge in [-0.3, -0.25) is 0 Å². The predicted molar refractivity (Wildman–Crippen MR) is 77.3 cm³/mol. The van der Waals surface area contributed by atoms with Crippen molar-refractivity contribution >= 4 is 15.7 Å². The van der Waals surface area contributed by atoms with Crippen LogP contribution >= 0.6 is 0 Å². The molecule has 0 radical (unpaired) electrons. The summed E-state index contributed by atoms with van der Waals surface area (Å²) in [5.41, 5.74) is 7.17. The van der Waals surface area contributed by atoms with E-state index in [2.05, 4.69) is 13.8 Å². The van der Waals surface area contributed by atoms with Crippen molar-refractivity contribution < 1.29 is 8.42 Å². The molecule has 2 atom stereocenters. The molecule has 5 heteroatoms. The zero-order valence-corrected chi connectivity index (χ0v) is 12.6. The van der Waals surface area contributed by atoms with Gasteiger partial charge in [0.15, 0.2) is 0 Å². The highest BCUT2D eigenvalue weighted by Crippen LogP contribution is 2.28. The van der Waals surface area contributed by atoms with Crippen molar-refractivity contribution in [3.05, 3.63) is 23.8 Å². The van der Waals surface area contributed by atoms with Gasteiger partial charge < -0.3 is 5.73 Å². The summed E-state index contributed by atoms with van der Waals surface area (Å²) in [5, 5.41) is 0.